The summed E-state index contributed by atoms with van der Waals surface area (Å²) in [5, 5.41) is 12.9. The second-order valence-electron chi connectivity index (χ2n) is 3.69. The van der Waals surface area contributed by atoms with Gasteiger partial charge in [-0.2, -0.15) is 0 Å². The zero-order valence-electron chi connectivity index (χ0n) is 9.88. The third-order valence-corrected chi connectivity index (χ3v) is 2.48. The van der Waals surface area contributed by atoms with Crippen LogP contribution in [0.4, 0.5) is 21.7 Å². The number of nitrogens with one attached hydrogen (secondary N) is 2. The van der Waals surface area contributed by atoms with Crippen LogP contribution in [0, 0.1) is 5.82 Å². The molecule has 0 radical (unpaired) electrons. The smallest absolute Gasteiger partial charge is 0.245 e. The van der Waals surface area contributed by atoms with Gasteiger partial charge in [0.25, 0.3) is 0 Å². The summed E-state index contributed by atoms with van der Waals surface area (Å²) in [7, 11) is 1.68. The van der Waals surface area contributed by atoms with Crippen LogP contribution >= 0.6 is 0 Å². The standard InChI is InChI=1S/C11H9FN6O/c1-13-8-9(14-7-5-3-2-4-6(7)12)16-11-10(15-8)17-19-18-11/h2-5H,1H3,(H,13,15,17)(H,14,16,18). The van der Waals surface area contributed by atoms with Crippen LogP contribution in [-0.4, -0.2) is 27.3 Å². The molecule has 2 N–H and O–H groups in total. The van der Waals surface area contributed by atoms with Crippen LogP contribution < -0.4 is 10.6 Å². The predicted molar refractivity (Wildman–Crippen MR) is 66.6 cm³/mol. The number of para-hydroxylation sites is 1. The maximum Gasteiger partial charge on any atom is 0.245 e. The number of fused-ring (bicyclic) bond motifs is 1. The van der Waals surface area contributed by atoms with Crippen LogP contribution in [0.15, 0.2) is 28.9 Å². The van der Waals surface area contributed by atoms with Crippen molar-refractivity contribution in [3.8, 4) is 0 Å². The van der Waals surface area contributed by atoms with Crippen molar-refractivity contribution in [3.05, 3.63) is 30.1 Å². The van der Waals surface area contributed by atoms with Gasteiger partial charge in [0, 0.05) is 7.05 Å². The van der Waals surface area contributed by atoms with Crippen molar-refractivity contribution in [2.24, 2.45) is 0 Å². The SMILES string of the molecule is CNc1nc2nonc2nc1Nc1ccccc1F. The van der Waals surface area contributed by atoms with E-state index in [1.165, 1.54) is 6.07 Å². The molecule has 3 aromatic rings. The summed E-state index contributed by atoms with van der Waals surface area (Å²) in [4.78, 5) is 8.33. The Kier molecular flexibility index (Phi) is 2.67. The molecule has 0 unspecified atom stereocenters. The molecular formula is C11H9FN6O. The van der Waals surface area contributed by atoms with Crippen LogP contribution in [0.2, 0.25) is 0 Å². The van der Waals surface area contributed by atoms with Crippen LogP contribution in [0.5, 0.6) is 0 Å². The van der Waals surface area contributed by atoms with Gasteiger partial charge in [-0.3, -0.25) is 0 Å². The zero-order chi connectivity index (χ0) is 13.2. The van der Waals surface area contributed by atoms with Crippen LogP contribution in [-0.2, 0) is 0 Å². The quantitative estimate of drug-likeness (QED) is 0.743. The van der Waals surface area contributed by atoms with E-state index in [0.29, 0.717) is 17.3 Å². The van der Waals surface area contributed by atoms with Crippen molar-refractivity contribution >= 4 is 28.6 Å². The number of hydrogen-bond acceptors (Lipinski definition) is 7. The fraction of sp³-hybridized carbons (Fsp3) is 0.0909. The van der Waals surface area contributed by atoms with Crippen molar-refractivity contribution < 1.29 is 9.02 Å². The van der Waals surface area contributed by atoms with E-state index in [9.17, 15) is 4.39 Å². The summed E-state index contributed by atoms with van der Waals surface area (Å²) in [5.74, 6) is 0.381. The van der Waals surface area contributed by atoms with E-state index in [1.807, 2.05) is 0 Å². The molecule has 7 nitrogen and oxygen atoms in total. The minimum absolute atomic E-state index is 0.248. The Hall–Kier alpha value is -2.77. The van der Waals surface area contributed by atoms with Crippen molar-refractivity contribution in [1.29, 1.82) is 0 Å². The van der Waals surface area contributed by atoms with E-state index in [0.717, 1.165) is 0 Å². The molecule has 8 heteroatoms. The van der Waals surface area contributed by atoms with Crippen molar-refractivity contribution in [2.75, 3.05) is 17.7 Å². The summed E-state index contributed by atoms with van der Waals surface area (Å²) in [5.41, 5.74) is 0.824. The minimum atomic E-state index is -0.385. The van der Waals surface area contributed by atoms with Gasteiger partial charge < -0.3 is 10.6 Å². The first-order valence-corrected chi connectivity index (χ1v) is 5.47. The molecule has 0 saturated carbocycles. The highest BCUT2D eigenvalue weighted by Gasteiger charge is 2.12. The van der Waals surface area contributed by atoms with E-state index in [2.05, 4.69) is 35.5 Å². The Morgan fingerprint density at radius 1 is 1.05 bits per heavy atom. The highest BCUT2D eigenvalue weighted by atomic mass is 19.1. The van der Waals surface area contributed by atoms with Gasteiger partial charge in [0.2, 0.25) is 11.3 Å². The summed E-state index contributed by atoms with van der Waals surface area (Å²) in [6.45, 7) is 0. The largest absolute Gasteiger partial charge is 0.370 e. The number of benzene rings is 1. The normalized spacial score (nSPS) is 10.6. The summed E-state index contributed by atoms with van der Waals surface area (Å²) < 4.78 is 18.1. The molecular weight excluding hydrogens is 251 g/mol. The van der Waals surface area contributed by atoms with Gasteiger partial charge in [0.15, 0.2) is 11.6 Å². The molecule has 2 aromatic heterocycles. The Morgan fingerprint density at radius 3 is 2.42 bits per heavy atom. The summed E-state index contributed by atoms with van der Waals surface area (Å²) >= 11 is 0. The first-order valence-electron chi connectivity index (χ1n) is 5.47. The zero-order valence-corrected chi connectivity index (χ0v) is 9.88. The van der Waals surface area contributed by atoms with Gasteiger partial charge in [-0.25, -0.2) is 19.0 Å². The average Bonchev–Trinajstić information content (AvgIpc) is 2.87. The summed E-state index contributed by atoms with van der Waals surface area (Å²) in [6.07, 6.45) is 0. The molecule has 0 aliphatic carbocycles. The fourth-order valence-corrected chi connectivity index (χ4v) is 1.59. The number of halogens is 1. The van der Waals surface area contributed by atoms with Gasteiger partial charge in [0.05, 0.1) is 5.69 Å². The third kappa shape index (κ3) is 2.03. The van der Waals surface area contributed by atoms with E-state index in [1.54, 1.807) is 25.2 Å². The lowest BCUT2D eigenvalue weighted by molar-refractivity contribution is 0.314. The van der Waals surface area contributed by atoms with Crippen molar-refractivity contribution in [1.82, 2.24) is 20.3 Å². The lowest BCUT2D eigenvalue weighted by Gasteiger charge is -2.09. The number of rotatable bonds is 3. The maximum absolute atomic E-state index is 13.6. The second kappa shape index (κ2) is 4.48. The third-order valence-electron chi connectivity index (χ3n) is 2.48. The number of aromatic nitrogens is 4. The monoisotopic (exact) mass is 260 g/mol. The van der Waals surface area contributed by atoms with E-state index in [-0.39, 0.29) is 17.1 Å². The Morgan fingerprint density at radius 2 is 1.74 bits per heavy atom. The molecule has 0 atom stereocenters. The van der Waals surface area contributed by atoms with Gasteiger partial charge in [-0.1, -0.05) is 12.1 Å². The van der Waals surface area contributed by atoms with Crippen molar-refractivity contribution in [3.63, 3.8) is 0 Å². The molecule has 1 aromatic carbocycles. The highest BCUT2D eigenvalue weighted by molar-refractivity contribution is 5.76. The van der Waals surface area contributed by atoms with E-state index >= 15 is 0 Å². The maximum atomic E-state index is 13.6. The molecule has 0 aliphatic heterocycles. The Balaban J connectivity index is 2.06. The highest BCUT2D eigenvalue weighted by Crippen LogP contribution is 2.24. The van der Waals surface area contributed by atoms with Crippen molar-refractivity contribution in [2.45, 2.75) is 0 Å². The first kappa shape index (κ1) is 11.3. The molecule has 19 heavy (non-hydrogen) atoms. The number of anilines is 3. The molecule has 0 amide bonds. The van der Waals surface area contributed by atoms with Gasteiger partial charge >= 0.3 is 0 Å². The predicted octanol–water partition coefficient (Wildman–Crippen LogP) is 1.94. The first-order chi connectivity index (χ1) is 9.28. The molecule has 3 rings (SSSR count). The molecule has 2 heterocycles. The van der Waals surface area contributed by atoms with Gasteiger partial charge in [-0.15, -0.1) is 0 Å². The van der Waals surface area contributed by atoms with Crippen LogP contribution in [0.3, 0.4) is 0 Å². The van der Waals surface area contributed by atoms with Crippen LogP contribution in [0.25, 0.3) is 11.3 Å². The molecule has 0 bridgehead atoms. The molecule has 0 fully saturated rings. The fourth-order valence-electron chi connectivity index (χ4n) is 1.59. The van der Waals surface area contributed by atoms with Gasteiger partial charge in [-0.05, 0) is 22.4 Å². The Labute approximate surface area is 106 Å². The topological polar surface area (TPSA) is 88.8 Å². The van der Waals surface area contributed by atoms with Crippen LogP contribution in [0.1, 0.15) is 0 Å². The average molecular weight is 260 g/mol. The minimum Gasteiger partial charge on any atom is -0.370 e. The molecule has 0 saturated heterocycles. The number of nitrogens with zero attached hydrogens (tertiary/aromatic N) is 4. The number of hydrogen-bond donors (Lipinski definition) is 2. The lowest BCUT2D eigenvalue weighted by atomic mass is 10.3. The Bertz CT molecular complexity index is 728. The van der Waals surface area contributed by atoms with E-state index < -0.39 is 0 Å². The molecule has 0 aliphatic rings. The van der Waals surface area contributed by atoms with Gasteiger partial charge in [0.1, 0.15) is 5.82 Å². The van der Waals surface area contributed by atoms with E-state index in [4.69, 9.17) is 0 Å². The molecule has 0 spiro atoms. The lowest BCUT2D eigenvalue weighted by Crippen LogP contribution is -2.03. The molecule has 96 valence electrons. The second-order valence-corrected chi connectivity index (χ2v) is 3.69. The summed E-state index contributed by atoms with van der Waals surface area (Å²) in [6, 6.07) is 6.27.